The molecule has 0 radical (unpaired) electrons. The lowest BCUT2D eigenvalue weighted by atomic mass is 9.93. The van der Waals surface area contributed by atoms with Crippen molar-refractivity contribution in [3.63, 3.8) is 0 Å². The van der Waals surface area contributed by atoms with Crippen molar-refractivity contribution >= 4 is 11.9 Å². The first-order valence-electron chi connectivity index (χ1n) is 10.9. The number of carbonyl (C=O) groups excluding carboxylic acids is 2. The van der Waals surface area contributed by atoms with Crippen molar-refractivity contribution in [3.8, 4) is 5.75 Å². The van der Waals surface area contributed by atoms with E-state index in [2.05, 4.69) is 10.2 Å². The second-order valence-corrected chi connectivity index (χ2v) is 8.34. The zero-order valence-corrected chi connectivity index (χ0v) is 19.1. The molecule has 1 aliphatic rings. The number of likely N-dealkylation sites (N-methyl/N-ethyl adjacent to an activating group) is 1. The second-order valence-electron chi connectivity index (χ2n) is 8.34. The molecule has 6 heteroatoms. The predicted molar refractivity (Wildman–Crippen MR) is 126 cm³/mol. The number of hydrogen-bond acceptors (Lipinski definition) is 5. The number of nitrogens with one attached hydrogen (secondary N) is 1. The molecule has 3 aromatic carbocycles. The summed E-state index contributed by atoms with van der Waals surface area (Å²) in [5, 5.41) is 3.04. The molecule has 0 fully saturated rings. The van der Waals surface area contributed by atoms with Gasteiger partial charge in [-0.1, -0.05) is 42.5 Å². The van der Waals surface area contributed by atoms with Gasteiger partial charge >= 0.3 is 5.97 Å². The topological polar surface area (TPSA) is 67.9 Å². The molecular weight excluding hydrogens is 416 g/mol. The lowest BCUT2D eigenvalue weighted by Gasteiger charge is -2.26. The first-order valence-corrected chi connectivity index (χ1v) is 10.9. The number of nitrogens with zero attached hydrogens (tertiary/aromatic N) is 1. The van der Waals surface area contributed by atoms with Crippen LogP contribution < -0.4 is 10.1 Å². The molecule has 170 valence electrons. The van der Waals surface area contributed by atoms with Crippen LogP contribution in [0.2, 0.25) is 0 Å². The minimum absolute atomic E-state index is 0.00919. The number of ether oxygens (including phenoxy) is 2. The van der Waals surface area contributed by atoms with E-state index >= 15 is 0 Å². The Labute approximate surface area is 194 Å². The fourth-order valence-electron chi connectivity index (χ4n) is 4.11. The largest absolute Gasteiger partial charge is 0.497 e. The Kier molecular flexibility index (Phi) is 6.75. The molecule has 0 aliphatic carbocycles. The Morgan fingerprint density at radius 1 is 1.09 bits per heavy atom. The molecule has 0 bridgehead atoms. The molecule has 1 amide bonds. The van der Waals surface area contributed by atoms with E-state index in [0.717, 1.165) is 22.4 Å². The van der Waals surface area contributed by atoms with E-state index in [9.17, 15) is 9.59 Å². The first kappa shape index (κ1) is 22.6. The van der Waals surface area contributed by atoms with Gasteiger partial charge in [-0.15, -0.1) is 0 Å². The van der Waals surface area contributed by atoms with E-state index in [1.54, 1.807) is 25.3 Å². The number of esters is 1. The van der Waals surface area contributed by atoms with Gasteiger partial charge in [-0.2, -0.15) is 0 Å². The van der Waals surface area contributed by atoms with E-state index in [-0.39, 0.29) is 24.0 Å². The van der Waals surface area contributed by atoms with Crippen LogP contribution in [0.5, 0.6) is 5.75 Å². The molecule has 1 heterocycles. The Morgan fingerprint density at radius 3 is 2.48 bits per heavy atom. The summed E-state index contributed by atoms with van der Waals surface area (Å²) in [5.74, 6) is 0.263. The summed E-state index contributed by atoms with van der Waals surface area (Å²) >= 11 is 0. The molecule has 1 aliphatic heterocycles. The third kappa shape index (κ3) is 5.07. The summed E-state index contributed by atoms with van der Waals surface area (Å²) in [6, 6.07) is 22.7. The Hall–Kier alpha value is -3.64. The van der Waals surface area contributed by atoms with Crippen molar-refractivity contribution in [3.05, 3.63) is 101 Å². The minimum atomic E-state index is -0.357. The van der Waals surface area contributed by atoms with Gasteiger partial charge in [-0.05, 0) is 61.1 Å². The molecule has 2 atom stereocenters. The summed E-state index contributed by atoms with van der Waals surface area (Å²) in [7, 11) is 5.60. The summed E-state index contributed by atoms with van der Waals surface area (Å²) in [6.45, 7) is 0.448. The van der Waals surface area contributed by atoms with Gasteiger partial charge in [0, 0.05) is 18.5 Å². The van der Waals surface area contributed by atoms with Crippen LogP contribution in [0.15, 0.2) is 72.8 Å². The van der Waals surface area contributed by atoms with Gasteiger partial charge in [0.1, 0.15) is 11.9 Å². The highest BCUT2D eigenvalue weighted by Crippen LogP contribution is 2.31. The van der Waals surface area contributed by atoms with Gasteiger partial charge in [-0.3, -0.25) is 4.79 Å². The summed E-state index contributed by atoms with van der Waals surface area (Å²) in [6.07, 6.45) is 0.191. The zero-order chi connectivity index (χ0) is 23.4. The molecule has 6 nitrogen and oxygen atoms in total. The molecule has 0 aromatic heterocycles. The molecule has 33 heavy (non-hydrogen) atoms. The number of benzene rings is 3. The van der Waals surface area contributed by atoms with Crippen LogP contribution in [0.1, 0.15) is 49.6 Å². The lowest BCUT2D eigenvalue weighted by Crippen LogP contribution is -2.34. The van der Waals surface area contributed by atoms with Crippen LogP contribution >= 0.6 is 0 Å². The molecule has 0 saturated heterocycles. The first-order chi connectivity index (χ1) is 16.0. The van der Waals surface area contributed by atoms with Crippen molar-refractivity contribution in [1.29, 1.82) is 0 Å². The van der Waals surface area contributed by atoms with E-state index in [4.69, 9.17) is 9.47 Å². The van der Waals surface area contributed by atoms with Crippen LogP contribution in [-0.4, -0.2) is 44.5 Å². The van der Waals surface area contributed by atoms with Crippen molar-refractivity contribution in [2.24, 2.45) is 0 Å². The van der Waals surface area contributed by atoms with E-state index in [0.29, 0.717) is 24.1 Å². The lowest BCUT2D eigenvalue weighted by molar-refractivity contribution is 0.0252. The minimum Gasteiger partial charge on any atom is -0.497 e. The summed E-state index contributed by atoms with van der Waals surface area (Å²) in [4.78, 5) is 27.5. The highest BCUT2D eigenvalue weighted by molar-refractivity contribution is 5.97. The zero-order valence-electron chi connectivity index (χ0n) is 19.1. The average Bonchev–Trinajstić information content (AvgIpc) is 2.84. The van der Waals surface area contributed by atoms with Crippen LogP contribution in [0.25, 0.3) is 0 Å². The van der Waals surface area contributed by atoms with Gasteiger partial charge in [0.15, 0.2) is 0 Å². The normalized spacial score (nSPS) is 16.0. The maximum atomic E-state index is 13.0. The molecule has 3 aromatic rings. The standard InChI is InChI=1S/C27H28N2O4/c1-29(2)24(18-9-12-22(32-3)13-10-18)17-28-26(30)20-11-14-23-21(15-20)16-25(33-27(23)31)19-7-5-4-6-8-19/h4-15,24-25H,16-17H2,1-3H3,(H,28,30)/t24-,25+/m1/s1. The molecule has 4 rings (SSSR count). The van der Waals surface area contributed by atoms with Crippen molar-refractivity contribution < 1.29 is 19.1 Å². The van der Waals surface area contributed by atoms with Crippen molar-refractivity contribution in [1.82, 2.24) is 10.2 Å². The molecule has 0 saturated carbocycles. The predicted octanol–water partition coefficient (Wildman–Crippen LogP) is 4.18. The number of methoxy groups -OCH3 is 1. The van der Waals surface area contributed by atoms with Crippen LogP contribution in [-0.2, 0) is 11.2 Å². The molecule has 0 unspecified atom stereocenters. The van der Waals surface area contributed by atoms with Crippen LogP contribution in [0.3, 0.4) is 0 Å². The van der Waals surface area contributed by atoms with E-state index in [1.165, 1.54) is 0 Å². The monoisotopic (exact) mass is 444 g/mol. The maximum Gasteiger partial charge on any atom is 0.339 e. The average molecular weight is 445 g/mol. The smallest absolute Gasteiger partial charge is 0.339 e. The van der Waals surface area contributed by atoms with Crippen molar-refractivity contribution in [2.45, 2.75) is 18.6 Å². The number of cyclic esters (lactones) is 1. The molecular formula is C27H28N2O4. The third-order valence-electron chi connectivity index (χ3n) is 5.99. The van der Waals surface area contributed by atoms with Gasteiger partial charge in [0.2, 0.25) is 0 Å². The van der Waals surface area contributed by atoms with E-state index < -0.39 is 0 Å². The highest BCUT2D eigenvalue weighted by Gasteiger charge is 2.28. The van der Waals surface area contributed by atoms with Gasteiger partial charge in [-0.25, -0.2) is 4.79 Å². The number of fused-ring (bicyclic) bond motifs is 1. The Morgan fingerprint density at radius 2 is 1.82 bits per heavy atom. The Bertz CT molecular complexity index is 1130. The van der Waals surface area contributed by atoms with Gasteiger partial charge in [0.05, 0.1) is 18.7 Å². The SMILES string of the molecule is COc1ccc([C@@H](CNC(=O)c2ccc3c(c2)C[C@@H](c2ccccc2)OC3=O)N(C)C)cc1. The van der Waals surface area contributed by atoms with Gasteiger partial charge < -0.3 is 19.7 Å². The Balaban J connectivity index is 1.48. The van der Waals surface area contributed by atoms with Gasteiger partial charge in [0.25, 0.3) is 5.91 Å². The quantitative estimate of drug-likeness (QED) is 0.554. The maximum absolute atomic E-state index is 13.0. The third-order valence-corrected chi connectivity index (χ3v) is 5.99. The fourth-order valence-corrected chi connectivity index (χ4v) is 4.11. The number of amides is 1. The number of hydrogen-bond donors (Lipinski definition) is 1. The number of rotatable bonds is 7. The van der Waals surface area contributed by atoms with Crippen LogP contribution in [0.4, 0.5) is 0 Å². The number of carbonyl (C=O) groups is 2. The van der Waals surface area contributed by atoms with Crippen molar-refractivity contribution in [2.75, 3.05) is 27.7 Å². The fraction of sp³-hybridized carbons (Fsp3) is 0.259. The molecule has 1 N–H and O–H groups in total. The highest BCUT2D eigenvalue weighted by atomic mass is 16.5. The van der Waals surface area contributed by atoms with Crippen LogP contribution in [0, 0.1) is 0 Å². The summed E-state index contributed by atoms with van der Waals surface area (Å²) < 4.78 is 10.9. The van der Waals surface area contributed by atoms with E-state index in [1.807, 2.05) is 68.7 Å². The second kappa shape index (κ2) is 9.88. The summed E-state index contributed by atoms with van der Waals surface area (Å²) in [5.41, 5.74) is 3.90. The molecule has 0 spiro atoms.